The van der Waals surface area contributed by atoms with Gasteiger partial charge in [-0.1, -0.05) is 0 Å². The van der Waals surface area contributed by atoms with E-state index in [4.69, 9.17) is 4.74 Å². The van der Waals surface area contributed by atoms with Crippen molar-refractivity contribution in [1.82, 2.24) is 4.98 Å². The number of fused-ring (bicyclic) bond motifs is 1. The highest BCUT2D eigenvalue weighted by Crippen LogP contribution is 2.32. The second-order valence-corrected chi connectivity index (χ2v) is 6.59. The average molecular weight is 316 g/mol. The number of aromatic nitrogens is 1. The molecule has 3 heterocycles. The SMILES string of the molecule is COc1ccc(C2N(c3nccs3)C(=O)C3CCC[NH+]32)cc1. The summed E-state index contributed by atoms with van der Waals surface area (Å²) in [7, 11) is 1.66. The molecule has 22 heavy (non-hydrogen) atoms. The maximum Gasteiger partial charge on any atom is 0.292 e. The number of quaternary nitrogens is 1. The third kappa shape index (κ3) is 2.02. The molecule has 1 N–H and O–H groups in total. The summed E-state index contributed by atoms with van der Waals surface area (Å²) in [6.45, 7) is 1.04. The zero-order valence-corrected chi connectivity index (χ0v) is 13.2. The molecule has 2 aliphatic heterocycles. The molecule has 1 amide bonds. The normalized spacial score (nSPS) is 27.2. The van der Waals surface area contributed by atoms with Gasteiger partial charge in [-0.15, -0.1) is 11.3 Å². The minimum absolute atomic E-state index is 0.0251. The number of hydrogen-bond acceptors (Lipinski definition) is 4. The van der Waals surface area contributed by atoms with Crippen LogP contribution in [0.4, 0.5) is 5.13 Å². The molecular formula is C16H18N3O2S+. The molecule has 3 unspecified atom stereocenters. The number of ether oxygens (including phenoxy) is 1. The second-order valence-electron chi connectivity index (χ2n) is 5.72. The predicted octanol–water partition coefficient (Wildman–Crippen LogP) is 1.24. The number of carbonyl (C=O) groups excluding carboxylic acids is 1. The Morgan fingerprint density at radius 1 is 1.36 bits per heavy atom. The molecule has 4 rings (SSSR count). The van der Waals surface area contributed by atoms with Gasteiger partial charge in [0.15, 0.2) is 17.3 Å². The summed E-state index contributed by atoms with van der Waals surface area (Å²) in [4.78, 5) is 20.5. The summed E-state index contributed by atoms with van der Waals surface area (Å²) in [5.74, 6) is 1.05. The number of benzene rings is 1. The van der Waals surface area contributed by atoms with E-state index in [1.54, 1.807) is 13.3 Å². The third-order valence-electron chi connectivity index (χ3n) is 4.61. The molecule has 2 aliphatic rings. The first kappa shape index (κ1) is 13.7. The van der Waals surface area contributed by atoms with E-state index in [1.165, 1.54) is 16.2 Å². The van der Waals surface area contributed by atoms with Crippen LogP contribution in [0.2, 0.25) is 0 Å². The van der Waals surface area contributed by atoms with Crippen LogP contribution >= 0.6 is 11.3 Å². The van der Waals surface area contributed by atoms with Gasteiger partial charge in [-0.2, -0.15) is 0 Å². The van der Waals surface area contributed by atoms with Crippen molar-refractivity contribution in [3.8, 4) is 5.75 Å². The Labute approximate surface area is 133 Å². The lowest BCUT2D eigenvalue weighted by atomic mass is 10.1. The summed E-state index contributed by atoms with van der Waals surface area (Å²) in [5.41, 5.74) is 1.14. The first-order chi connectivity index (χ1) is 10.8. The van der Waals surface area contributed by atoms with E-state index in [9.17, 15) is 4.79 Å². The summed E-state index contributed by atoms with van der Waals surface area (Å²) < 4.78 is 5.24. The minimum Gasteiger partial charge on any atom is -0.497 e. The average Bonchev–Trinajstić information content (AvgIpc) is 3.26. The molecular weight excluding hydrogens is 298 g/mol. The molecule has 2 aromatic rings. The van der Waals surface area contributed by atoms with Gasteiger partial charge in [-0.3, -0.25) is 4.79 Å². The third-order valence-corrected chi connectivity index (χ3v) is 5.38. The van der Waals surface area contributed by atoms with Crippen molar-refractivity contribution in [2.24, 2.45) is 0 Å². The van der Waals surface area contributed by atoms with Crippen molar-refractivity contribution >= 4 is 22.4 Å². The Balaban J connectivity index is 1.76. The molecule has 0 saturated carbocycles. The van der Waals surface area contributed by atoms with E-state index < -0.39 is 0 Å². The molecule has 2 saturated heterocycles. The Morgan fingerprint density at radius 2 is 2.18 bits per heavy atom. The lowest BCUT2D eigenvalue weighted by Crippen LogP contribution is -3.12. The van der Waals surface area contributed by atoms with Crippen LogP contribution in [0.1, 0.15) is 24.6 Å². The molecule has 3 atom stereocenters. The van der Waals surface area contributed by atoms with Gasteiger partial charge >= 0.3 is 0 Å². The van der Waals surface area contributed by atoms with Crippen molar-refractivity contribution in [2.45, 2.75) is 25.0 Å². The van der Waals surface area contributed by atoms with Gasteiger partial charge in [-0.05, 0) is 24.3 Å². The number of methoxy groups -OCH3 is 1. The highest BCUT2D eigenvalue weighted by atomic mass is 32.1. The molecule has 2 fully saturated rings. The molecule has 0 radical (unpaired) electrons. The van der Waals surface area contributed by atoms with Crippen molar-refractivity contribution in [3.05, 3.63) is 41.4 Å². The quantitative estimate of drug-likeness (QED) is 0.927. The van der Waals surface area contributed by atoms with Gasteiger partial charge in [0.25, 0.3) is 5.91 Å². The fourth-order valence-corrected chi connectivity index (χ4v) is 4.30. The predicted molar refractivity (Wildman–Crippen MR) is 84.2 cm³/mol. The second kappa shape index (κ2) is 5.37. The van der Waals surface area contributed by atoms with Crippen LogP contribution in [0.5, 0.6) is 5.75 Å². The van der Waals surface area contributed by atoms with E-state index >= 15 is 0 Å². The van der Waals surface area contributed by atoms with Gasteiger partial charge in [-0.25, -0.2) is 9.88 Å². The van der Waals surface area contributed by atoms with Crippen LogP contribution < -0.4 is 14.5 Å². The van der Waals surface area contributed by atoms with Gasteiger partial charge < -0.3 is 9.64 Å². The van der Waals surface area contributed by atoms with Crippen LogP contribution in [0.25, 0.3) is 0 Å². The molecule has 1 aromatic heterocycles. The smallest absolute Gasteiger partial charge is 0.292 e. The molecule has 6 heteroatoms. The standard InChI is InChI=1S/C16H17N3O2S/c1-21-12-6-4-11(5-7-12)14-18-9-2-3-13(18)15(20)19(14)16-17-8-10-22-16/h4-8,10,13-14H,2-3,9H2,1H3/p+1. The van der Waals surface area contributed by atoms with Gasteiger partial charge in [0.05, 0.1) is 13.7 Å². The van der Waals surface area contributed by atoms with Crippen LogP contribution in [0.15, 0.2) is 35.8 Å². The first-order valence-electron chi connectivity index (χ1n) is 7.51. The van der Waals surface area contributed by atoms with Crippen LogP contribution in [-0.4, -0.2) is 30.6 Å². The maximum absolute atomic E-state index is 12.8. The highest BCUT2D eigenvalue weighted by Gasteiger charge is 2.54. The number of anilines is 1. The Morgan fingerprint density at radius 3 is 2.86 bits per heavy atom. The lowest BCUT2D eigenvalue weighted by Gasteiger charge is -2.24. The Kier molecular flexibility index (Phi) is 3.35. The molecule has 1 aromatic carbocycles. The topological polar surface area (TPSA) is 46.9 Å². The van der Waals surface area contributed by atoms with Crippen molar-refractivity contribution < 1.29 is 14.4 Å². The lowest BCUT2D eigenvalue weighted by molar-refractivity contribution is -0.924. The fourth-order valence-electron chi connectivity index (χ4n) is 3.63. The fraction of sp³-hybridized carbons (Fsp3) is 0.375. The number of amides is 1. The van der Waals surface area contributed by atoms with Crippen molar-refractivity contribution in [1.29, 1.82) is 0 Å². The Bertz CT molecular complexity index is 671. The van der Waals surface area contributed by atoms with Gasteiger partial charge in [0, 0.05) is 30.0 Å². The van der Waals surface area contributed by atoms with Gasteiger partial charge in [0.2, 0.25) is 0 Å². The number of carbonyl (C=O) groups is 1. The molecule has 5 nitrogen and oxygen atoms in total. The van der Waals surface area contributed by atoms with Gasteiger partial charge in [0.1, 0.15) is 5.75 Å². The zero-order chi connectivity index (χ0) is 15.1. The van der Waals surface area contributed by atoms with Crippen molar-refractivity contribution in [3.63, 3.8) is 0 Å². The zero-order valence-electron chi connectivity index (χ0n) is 12.4. The summed E-state index contributed by atoms with van der Waals surface area (Å²) >= 11 is 1.52. The molecule has 0 aliphatic carbocycles. The maximum atomic E-state index is 12.8. The number of nitrogens with one attached hydrogen (secondary N) is 1. The molecule has 114 valence electrons. The number of nitrogens with zero attached hydrogens (tertiary/aromatic N) is 2. The largest absolute Gasteiger partial charge is 0.497 e. The van der Waals surface area contributed by atoms with E-state index in [0.717, 1.165) is 35.8 Å². The van der Waals surface area contributed by atoms with Crippen LogP contribution in [0, 0.1) is 0 Å². The molecule has 0 spiro atoms. The number of rotatable bonds is 3. The summed E-state index contributed by atoms with van der Waals surface area (Å²) in [5, 5.41) is 2.72. The van der Waals surface area contributed by atoms with E-state index in [2.05, 4.69) is 17.1 Å². The van der Waals surface area contributed by atoms with E-state index in [0.29, 0.717) is 0 Å². The van der Waals surface area contributed by atoms with Crippen molar-refractivity contribution in [2.75, 3.05) is 18.6 Å². The monoisotopic (exact) mass is 316 g/mol. The van der Waals surface area contributed by atoms with E-state index in [1.807, 2.05) is 22.4 Å². The van der Waals surface area contributed by atoms with Crippen LogP contribution in [-0.2, 0) is 4.79 Å². The number of thiazole rings is 1. The molecule has 0 bridgehead atoms. The number of hydrogen-bond donors (Lipinski definition) is 1. The minimum atomic E-state index is 0.0251. The van der Waals surface area contributed by atoms with Crippen LogP contribution in [0.3, 0.4) is 0 Å². The first-order valence-corrected chi connectivity index (χ1v) is 8.39. The highest BCUT2D eigenvalue weighted by molar-refractivity contribution is 7.13. The van der Waals surface area contributed by atoms with E-state index in [-0.39, 0.29) is 18.1 Å². The summed E-state index contributed by atoms with van der Waals surface area (Å²) in [6.07, 6.45) is 3.88. The summed E-state index contributed by atoms with van der Waals surface area (Å²) in [6, 6.07) is 8.12. The Hall–Kier alpha value is -1.92.